The molecule has 0 aromatic rings. The highest BCUT2D eigenvalue weighted by Gasteiger charge is 2.46. The first-order valence-corrected chi connectivity index (χ1v) is 11.6. The molecule has 0 aromatic heterocycles. The van der Waals surface area contributed by atoms with E-state index in [1.807, 2.05) is 0 Å². The van der Waals surface area contributed by atoms with Crippen LogP contribution in [0.25, 0.3) is 0 Å². The van der Waals surface area contributed by atoms with Gasteiger partial charge < -0.3 is 19.1 Å². The van der Waals surface area contributed by atoms with Crippen LogP contribution in [0.4, 0.5) is 13.6 Å². The Morgan fingerprint density at radius 1 is 1.06 bits per heavy atom. The number of alkyl halides is 2. The Kier molecular flexibility index (Phi) is 8.90. The summed E-state index contributed by atoms with van der Waals surface area (Å²) in [6.45, 7) is 8.69. The van der Waals surface area contributed by atoms with Crippen LogP contribution in [0.5, 0.6) is 0 Å². The summed E-state index contributed by atoms with van der Waals surface area (Å²) in [6, 6.07) is 0.200. The highest BCUT2D eigenvalue weighted by molar-refractivity contribution is 5.79. The molecule has 186 valence electrons. The summed E-state index contributed by atoms with van der Waals surface area (Å²) in [6.07, 6.45) is 3.21. The third kappa shape index (κ3) is 7.83. The number of hydrogen-bond acceptors (Lipinski definition) is 6. The van der Waals surface area contributed by atoms with Crippen molar-refractivity contribution in [3.63, 3.8) is 0 Å². The number of piperidine rings is 1. The fraction of sp³-hybridized carbons (Fsp3) is 0.913. The number of halogens is 2. The van der Waals surface area contributed by atoms with Gasteiger partial charge in [0, 0.05) is 25.1 Å². The number of amides is 1. The summed E-state index contributed by atoms with van der Waals surface area (Å²) in [5, 5.41) is 3.34. The van der Waals surface area contributed by atoms with Gasteiger partial charge in [-0.3, -0.25) is 10.1 Å². The van der Waals surface area contributed by atoms with E-state index in [2.05, 4.69) is 5.32 Å². The zero-order valence-electron chi connectivity index (χ0n) is 20.3. The molecule has 2 aliphatic rings. The van der Waals surface area contributed by atoms with Gasteiger partial charge in [0.2, 0.25) is 0 Å². The lowest BCUT2D eigenvalue weighted by Gasteiger charge is -2.39. The van der Waals surface area contributed by atoms with Gasteiger partial charge in [-0.1, -0.05) is 0 Å². The number of nitrogens with one attached hydrogen (secondary N) is 1. The molecule has 32 heavy (non-hydrogen) atoms. The number of ether oxygens (including phenoxy) is 3. The monoisotopic (exact) mass is 462 g/mol. The van der Waals surface area contributed by atoms with Crippen molar-refractivity contribution in [1.29, 1.82) is 0 Å². The maximum absolute atomic E-state index is 14.6. The van der Waals surface area contributed by atoms with Crippen molar-refractivity contribution in [1.82, 2.24) is 10.2 Å². The first-order chi connectivity index (χ1) is 14.7. The molecule has 0 aromatic carbocycles. The van der Waals surface area contributed by atoms with Crippen LogP contribution in [-0.2, 0) is 19.0 Å². The van der Waals surface area contributed by atoms with E-state index in [-0.39, 0.29) is 44.1 Å². The van der Waals surface area contributed by atoms with Crippen molar-refractivity contribution in [3.05, 3.63) is 0 Å². The fourth-order valence-corrected chi connectivity index (χ4v) is 4.40. The van der Waals surface area contributed by atoms with Gasteiger partial charge in [-0.25, -0.2) is 13.6 Å². The lowest BCUT2D eigenvalue weighted by molar-refractivity contribution is -0.147. The van der Waals surface area contributed by atoms with Gasteiger partial charge in [-0.2, -0.15) is 0 Å². The van der Waals surface area contributed by atoms with Crippen LogP contribution in [0.3, 0.4) is 0 Å². The summed E-state index contributed by atoms with van der Waals surface area (Å²) >= 11 is 0. The molecule has 0 radical (unpaired) electrons. The molecule has 1 amide bonds. The second kappa shape index (κ2) is 10.6. The van der Waals surface area contributed by atoms with Gasteiger partial charge in [0.05, 0.1) is 19.8 Å². The van der Waals surface area contributed by atoms with Gasteiger partial charge in [0.25, 0.3) is 5.92 Å². The quantitative estimate of drug-likeness (QED) is 0.573. The molecule has 9 heteroatoms. The molecule has 1 heterocycles. The fourth-order valence-electron chi connectivity index (χ4n) is 4.40. The standard InChI is InChI=1S/C23H40F2N2O5/c1-21(2,3)32-20(29)27-13-11-16(23(24,25)15-27)12-14-31-18-9-7-17(8-10-18)26-22(4,5)19(28)30-6/h16-18,26H,7-15H2,1-6H3. The number of carbonyl (C=O) groups is 2. The molecule has 0 spiro atoms. The maximum atomic E-state index is 14.6. The molecule has 0 bridgehead atoms. The zero-order chi connectivity index (χ0) is 24.2. The molecule has 1 aliphatic heterocycles. The van der Waals surface area contributed by atoms with Crippen LogP contribution in [0.15, 0.2) is 0 Å². The first-order valence-electron chi connectivity index (χ1n) is 11.6. The molecule has 1 unspecified atom stereocenters. The molecule has 1 saturated heterocycles. The van der Waals surface area contributed by atoms with Crippen LogP contribution in [0.2, 0.25) is 0 Å². The lowest BCUT2D eigenvalue weighted by Crippen LogP contribution is -2.53. The average Bonchev–Trinajstić information content (AvgIpc) is 2.67. The molecule has 1 N–H and O–H groups in total. The lowest BCUT2D eigenvalue weighted by atomic mass is 9.89. The number of rotatable bonds is 7. The molecule has 1 aliphatic carbocycles. The zero-order valence-corrected chi connectivity index (χ0v) is 20.3. The number of nitrogens with zero attached hydrogens (tertiary/aromatic N) is 1. The summed E-state index contributed by atoms with van der Waals surface area (Å²) in [5.41, 5.74) is -1.45. The second-order valence-electron chi connectivity index (χ2n) is 10.5. The number of likely N-dealkylation sites (tertiary alicyclic amines) is 1. The predicted molar refractivity (Wildman–Crippen MR) is 117 cm³/mol. The van der Waals surface area contributed by atoms with Crippen LogP contribution in [0, 0.1) is 5.92 Å². The Balaban J connectivity index is 1.71. The minimum absolute atomic E-state index is 0.0461. The van der Waals surface area contributed by atoms with Gasteiger partial charge >= 0.3 is 12.1 Å². The van der Waals surface area contributed by atoms with Gasteiger partial charge in [0.15, 0.2) is 0 Å². The van der Waals surface area contributed by atoms with Crippen LogP contribution in [-0.4, -0.2) is 73.0 Å². The third-order valence-electron chi connectivity index (χ3n) is 6.15. The predicted octanol–water partition coefficient (Wildman–Crippen LogP) is 4.14. The molecule has 2 rings (SSSR count). The summed E-state index contributed by atoms with van der Waals surface area (Å²) in [7, 11) is 1.38. The van der Waals surface area contributed by atoms with Crippen LogP contribution < -0.4 is 5.32 Å². The third-order valence-corrected chi connectivity index (χ3v) is 6.15. The van der Waals surface area contributed by atoms with Crippen molar-refractivity contribution in [3.8, 4) is 0 Å². The minimum Gasteiger partial charge on any atom is -0.468 e. The second-order valence-corrected chi connectivity index (χ2v) is 10.5. The van der Waals surface area contributed by atoms with Gasteiger partial charge in [-0.15, -0.1) is 0 Å². The highest BCUT2D eigenvalue weighted by atomic mass is 19.3. The Bertz CT molecular complexity index is 643. The van der Waals surface area contributed by atoms with E-state index in [4.69, 9.17) is 14.2 Å². The Labute approximate surface area is 190 Å². The van der Waals surface area contributed by atoms with Crippen molar-refractivity contribution in [2.24, 2.45) is 5.92 Å². The Morgan fingerprint density at radius 2 is 1.69 bits per heavy atom. The Morgan fingerprint density at radius 3 is 2.22 bits per heavy atom. The van der Waals surface area contributed by atoms with E-state index in [0.717, 1.165) is 30.6 Å². The van der Waals surface area contributed by atoms with E-state index in [1.165, 1.54) is 7.11 Å². The van der Waals surface area contributed by atoms with Crippen molar-refractivity contribution in [2.75, 3.05) is 26.8 Å². The van der Waals surface area contributed by atoms with E-state index in [9.17, 15) is 18.4 Å². The van der Waals surface area contributed by atoms with Crippen molar-refractivity contribution < 1.29 is 32.6 Å². The SMILES string of the molecule is COC(=O)C(C)(C)NC1CCC(OCCC2CCN(C(=O)OC(C)(C)C)CC2(F)F)CC1. The summed E-state index contributed by atoms with van der Waals surface area (Å²) in [4.78, 5) is 25.1. The van der Waals surface area contributed by atoms with Crippen molar-refractivity contribution in [2.45, 2.75) is 102 Å². The topological polar surface area (TPSA) is 77.1 Å². The smallest absolute Gasteiger partial charge is 0.410 e. The number of carbonyl (C=O) groups excluding carboxylic acids is 2. The molecular weight excluding hydrogens is 422 g/mol. The van der Waals surface area contributed by atoms with Gasteiger partial charge in [-0.05, 0) is 73.1 Å². The normalized spacial score (nSPS) is 26.5. The number of methoxy groups -OCH3 is 1. The molecule has 1 atom stereocenters. The summed E-state index contributed by atoms with van der Waals surface area (Å²) in [5.74, 6) is -4.06. The first kappa shape index (κ1) is 26.8. The highest BCUT2D eigenvalue weighted by Crippen LogP contribution is 2.36. The number of hydrogen-bond donors (Lipinski definition) is 1. The van der Waals surface area contributed by atoms with Crippen LogP contribution >= 0.6 is 0 Å². The summed E-state index contributed by atoms with van der Waals surface area (Å²) < 4.78 is 45.2. The maximum Gasteiger partial charge on any atom is 0.410 e. The van der Waals surface area contributed by atoms with E-state index < -0.39 is 35.6 Å². The Hall–Kier alpha value is -1.48. The molecule has 7 nitrogen and oxygen atoms in total. The van der Waals surface area contributed by atoms with E-state index in [0.29, 0.717) is 0 Å². The van der Waals surface area contributed by atoms with Crippen molar-refractivity contribution >= 4 is 12.1 Å². The molecular formula is C23H40F2N2O5. The van der Waals surface area contributed by atoms with E-state index >= 15 is 0 Å². The molecule has 1 saturated carbocycles. The van der Waals surface area contributed by atoms with Gasteiger partial charge in [0.1, 0.15) is 11.1 Å². The minimum atomic E-state index is -2.96. The average molecular weight is 463 g/mol. The van der Waals surface area contributed by atoms with Crippen LogP contribution in [0.1, 0.15) is 73.1 Å². The molecule has 2 fully saturated rings. The largest absolute Gasteiger partial charge is 0.468 e. The van der Waals surface area contributed by atoms with E-state index in [1.54, 1.807) is 34.6 Å². The number of esters is 1.